The number of hydrogen-bond acceptors (Lipinski definition) is 7. The number of methoxy groups -OCH3 is 1. The van der Waals surface area contributed by atoms with E-state index in [1.165, 1.54) is 11.8 Å². The van der Waals surface area contributed by atoms with E-state index in [1.54, 1.807) is 55.3 Å². The summed E-state index contributed by atoms with van der Waals surface area (Å²) >= 11 is 7.42. The number of esters is 1. The molecule has 1 aliphatic rings. The van der Waals surface area contributed by atoms with Crippen molar-refractivity contribution in [1.82, 2.24) is 4.90 Å². The molecule has 3 aromatic carbocycles. The van der Waals surface area contributed by atoms with Crippen LogP contribution in [0.1, 0.15) is 34.8 Å². The molecule has 3 aromatic rings. The van der Waals surface area contributed by atoms with Gasteiger partial charge in [-0.3, -0.25) is 14.5 Å². The first-order chi connectivity index (χ1) is 18.8. The molecular weight excluding hydrogens is 538 g/mol. The van der Waals surface area contributed by atoms with Gasteiger partial charge >= 0.3 is 5.97 Å². The Morgan fingerprint density at radius 2 is 1.82 bits per heavy atom. The molecule has 0 bridgehead atoms. The Kier molecular flexibility index (Phi) is 9.27. The van der Waals surface area contributed by atoms with Gasteiger partial charge in [-0.25, -0.2) is 9.79 Å². The highest BCUT2D eigenvalue weighted by atomic mass is 35.5. The van der Waals surface area contributed by atoms with Crippen molar-refractivity contribution >= 4 is 57.7 Å². The molecule has 1 heterocycles. The third kappa shape index (κ3) is 7.19. The second-order valence-electron chi connectivity index (χ2n) is 8.75. The molecule has 8 nitrogen and oxygen atoms in total. The number of aryl methyl sites for hydroxylation is 1. The molecule has 4 rings (SSSR count). The zero-order valence-electron chi connectivity index (χ0n) is 21.8. The van der Waals surface area contributed by atoms with Crippen LogP contribution in [0.15, 0.2) is 71.7 Å². The molecule has 10 heteroatoms. The summed E-state index contributed by atoms with van der Waals surface area (Å²) in [7, 11) is 1.59. The van der Waals surface area contributed by atoms with E-state index < -0.39 is 11.2 Å². The van der Waals surface area contributed by atoms with Crippen molar-refractivity contribution in [2.24, 2.45) is 4.99 Å². The summed E-state index contributed by atoms with van der Waals surface area (Å²) in [6.07, 6.45) is 0.00701. The molecule has 1 aliphatic heterocycles. The van der Waals surface area contributed by atoms with Gasteiger partial charge in [0.25, 0.3) is 0 Å². The van der Waals surface area contributed by atoms with E-state index in [4.69, 9.17) is 26.1 Å². The summed E-state index contributed by atoms with van der Waals surface area (Å²) in [6.45, 7) is 4.17. The number of ether oxygens (including phenoxy) is 2. The number of halogens is 1. The molecular formula is C29H28ClN3O5S. The van der Waals surface area contributed by atoms with Crippen LogP contribution in [-0.4, -0.2) is 46.8 Å². The smallest absolute Gasteiger partial charge is 0.338 e. The first-order valence-electron chi connectivity index (χ1n) is 12.3. The molecule has 0 aliphatic carbocycles. The van der Waals surface area contributed by atoms with Crippen molar-refractivity contribution in [3.05, 3.63) is 88.4 Å². The Balaban J connectivity index is 1.60. The highest BCUT2D eigenvalue weighted by Crippen LogP contribution is 2.32. The van der Waals surface area contributed by atoms with Gasteiger partial charge in [0, 0.05) is 17.1 Å². The average Bonchev–Trinajstić information content (AvgIpc) is 2.93. The van der Waals surface area contributed by atoms with Gasteiger partial charge in [0.15, 0.2) is 5.17 Å². The largest absolute Gasteiger partial charge is 0.497 e. The average molecular weight is 566 g/mol. The van der Waals surface area contributed by atoms with Crippen molar-refractivity contribution in [2.75, 3.05) is 19.0 Å². The predicted molar refractivity (Wildman–Crippen MR) is 154 cm³/mol. The lowest BCUT2D eigenvalue weighted by atomic mass is 10.1. The fraction of sp³-hybridized carbons (Fsp3) is 0.241. The summed E-state index contributed by atoms with van der Waals surface area (Å²) in [5.41, 5.74) is 3.26. The molecule has 202 valence electrons. The van der Waals surface area contributed by atoms with Crippen molar-refractivity contribution in [1.29, 1.82) is 0 Å². The summed E-state index contributed by atoms with van der Waals surface area (Å²) in [6, 6.07) is 19.3. The second-order valence-corrected chi connectivity index (χ2v) is 10.3. The maximum Gasteiger partial charge on any atom is 0.338 e. The minimum atomic E-state index is -0.692. The van der Waals surface area contributed by atoms with Gasteiger partial charge < -0.3 is 14.8 Å². The maximum absolute atomic E-state index is 13.3. The minimum absolute atomic E-state index is 0.00701. The number of carbonyl (C=O) groups is 3. The van der Waals surface area contributed by atoms with Crippen LogP contribution in [0.2, 0.25) is 5.02 Å². The number of rotatable bonds is 8. The number of benzene rings is 3. The zero-order valence-corrected chi connectivity index (χ0v) is 23.3. The molecule has 1 N–H and O–H groups in total. The number of carbonyl (C=O) groups excluding carboxylic acids is 3. The molecule has 1 unspecified atom stereocenters. The van der Waals surface area contributed by atoms with E-state index in [-0.39, 0.29) is 31.4 Å². The lowest BCUT2D eigenvalue weighted by molar-refractivity contribution is -0.129. The van der Waals surface area contributed by atoms with E-state index in [1.807, 2.05) is 37.3 Å². The number of hydrogen-bond donors (Lipinski definition) is 1. The van der Waals surface area contributed by atoms with Gasteiger partial charge in [-0.2, -0.15) is 0 Å². The van der Waals surface area contributed by atoms with Crippen LogP contribution in [0, 0.1) is 6.92 Å². The van der Waals surface area contributed by atoms with Crippen LogP contribution in [0.3, 0.4) is 0 Å². The van der Waals surface area contributed by atoms with Crippen molar-refractivity contribution in [2.45, 2.75) is 32.1 Å². The van der Waals surface area contributed by atoms with Crippen LogP contribution in [-0.2, 0) is 20.9 Å². The molecule has 1 atom stereocenters. The summed E-state index contributed by atoms with van der Waals surface area (Å²) in [5, 5.41) is 3.09. The van der Waals surface area contributed by atoms with Crippen LogP contribution < -0.4 is 10.1 Å². The van der Waals surface area contributed by atoms with E-state index in [9.17, 15) is 14.4 Å². The summed E-state index contributed by atoms with van der Waals surface area (Å²) in [4.78, 5) is 44.8. The first kappa shape index (κ1) is 28.2. The Hall–Kier alpha value is -3.82. The van der Waals surface area contributed by atoms with E-state index in [0.717, 1.165) is 11.1 Å². The number of amidine groups is 1. The third-order valence-corrected chi connectivity index (χ3v) is 7.57. The monoisotopic (exact) mass is 565 g/mol. The molecule has 0 saturated carbocycles. The minimum Gasteiger partial charge on any atom is -0.497 e. The Morgan fingerprint density at radius 1 is 1.10 bits per heavy atom. The van der Waals surface area contributed by atoms with Gasteiger partial charge in [0.05, 0.1) is 31.5 Å². The number of nitrogens with one attached hydrogen (secondary N) is 1. The van der Waals surface area contributed by atoms with Crippen LogP contribution in [0.5, 0.6) is 5.75 Å². The van der Waals surface area contributed by atoms with Crippen LogP contribution >= 0.6 is 23.4 Å². The van der Waals surface area contributed by atoms with Crippen molar-refractivity contribution in [3.8, 4) is 5.75 Å². The maximum atomic E-state index is 13.3. The van der Waals surface area contributed by atoms with Gasteiger partial charge in [0.1, 0.15) is 11.0 Å². The first-order valence-corrected chi connectivity index (χ1v) is 13.6. The Morgan fingerprint density at radius 3 is 2.46 bits per heavy atom. The molecule has 0 radical (unpaired) electrons. The number of aliphatic imine (C=N–C) groups is 1. The van der Waals surface area contributed by atoms with Gasteiger partial charge in [0.2, 0.25) is 11.8 Å². The zero-order chi connectivity index (χ0) is 27.9. The third-order valence-electron chi connectivity index (χ3n) is 5.97. The Bertz CT molecular complexity index is 1390. The van der Waals surface area contributed by atoms with Crippen molar-refractivity contribution in [3.63, 3.8) is 0 Å². The molecule has 2 amide bonds. The standard InChI is InChI=1S/C29H28ClN3O5S/c1-4-38-28(36)20-8-11-21(12-9-20)32-29-33(17-19-6-13-23(37-3)14-7-19)26(34)16-25(39-29)27(35)31-22-10-5-18(2)24(30)15-22/h5-15,25H,4,16-17H2,1-3H3,(H,31,35). The predicted octanol–water partition coefficient (Wildman–Crippen LogP) is 5.99. The highest BCUT2D eigenvalue weighted by Gasteiger charge is 2.36. The van der Waals surface area contributed by atoms with Crippen LogP contribution in [0.4, 0.5) is 11.4 Å². The molecule has 0 aromatic heterocycles. The number of thioether (sulfide) groups is 1. The number of anilines is 1. The van der Waals surface area contributed by atoms with Gasteiger partial charge in [-0.05, 0) is 73.5 Å². The van der Waals surface area contributed by atoms with Gasteiger partial charge in [-0.1, -0.05) is 41.6 Å². The highest BCUT2D eigenvalue weighted by molar-refractivity contribution is 8.15. The molecule has 0 spiro atoms. The number of nitrogens with zero attached hydrogens (tertiary/aromatic N) is 2. The molecule has 1 saturated heterocycles. The van der Waals surface area contributed by atoms with E-state index in [0.29, 0.717) is 32.9 Å². The van der Waals surface area contributed by atoms with Crippen LogP contribution in [0.25, 0.3) is 0 Å². The molecule has 39 heavy (non-hydrogen) atoms. The lowest BCUT2D eigenvalue weighted by Crippen LogP contribution is -2.44. The van der Waals surface area contributed by atoms with E-state index >= 15 is 0 Å². The second kappa shape index (κ2) is 12.8. The fourth-order valence-corrected chi connectivity index (χ4v) is 5.08. The molecule has 1 fully saturated rings. The number of amides is 2. The fourth-order valence-electron chi connectivity index (χ4n) is 3.80. The lowest BCUT2D eigenvalue weighted by Gasteiger charge is -2.32. The summed E-state index contributed by atoms with van der Waals surface area (Å²) < 4.78 is 10.3. The normalized spacial score (nSPS) is 16.2. The Labute approximate surface area is 236 Å². The topological polar surface area (TPSA) is 97.3 Å². The quantitative estimate of drug-likeness (QED) is 0.337. The SMILES string of the molecule is CCOC(=O)c1ccc(N=C2SC(C(=O)Nc3ccc(C)c(Cl)c3)CC(=O)N2Cc2ccc(OC)cc2)cc1. The summed E-state index contributed by atoms with van der Waals surface area (Å²) in [5.74, 6) is -0.258. The van der Waals surface area contributed by atoms with Crippen molar-refractivity contribution < 1.29 is 23.9 Å². The van der Waals surface area contributed by atoms with Gasteiger partial charge in [-0.15, -0.1) is 0 Å². The van der Waals surface area contributed by atoms with E-state index in [2.05, 4.69) is 5.32 Å².